The van der Waals surface area contributed by atoms with Gasteiger partial charge in [0.1, 0.15) is 0 Å². The first-order valence-corrected chi connectivity index (χ1v) is 15.7. The normalized spacial score (nSPS) is 12.9. The fraction of sp³-hybridized carbons (Fsp3) is 0.739. The Kier molecular flexibility index (Phi) is 13.9. The number of hydrogen-bond acceptors (Lipinski definition) is 8. The number of rotatable bonds is 18. The van der Waals surface area contributed by atoms with Gasteiger partial charge in [-0.15, -0.1) is 0 Å². The largest absolute Gasteiger partial charge is 0.414 e. The van der Waals surface area contributed by atoms with Gasteiger partial charge < -0.3 is 23.4 Å². The van der Waals surface area contributed by atoms with Gasteiger partial charge >= 0.3 is 0 Å². The molecule has 1 rings (SSSR count). The van der Waals surface area contributed by atoms with Crippen LogP contribution < -0.4 is 0 Å². The van der Waals surface area contributed by atoms with Crippen molar-refractivity contribution in [1.29, 1.82) is 0 Å². The predicted molar refractivity (Wildman–Crippen MR) is 131 cm³/mol. The van der Waals surface area contributed by atoms with Gasteiger partial charge in [-0.3, -0.25) is 4.18 Å². The Morgan fingerprint density at radius 2 is 1.09 bits per heavy atom. The lowest BCUT2D eigenvalue weighted by molar-refractivity contribution is -0.00721. The van der Waals surface area contributed by atoms with Crippen molar-refractivity contribution in [3.63, 3.8) is 0 Å². The third-order valence-corrected chi connectivity index (χ3v) is 11.3. The Labute approximate surface area is 201 Å². The van der Waals surface area contributed by atoms with Gasteiger partial charge in [0.2, 0.25) is 0 Å². The standard InChI is InChI=1S/C23H42O8SSi/c1-21-7-9-22(10-8-21)32(24,25)30-19-17-28-15-13-26-11-12-27-14-16-29-18-20-31-33(5,6)23(2,3)4/h7-10H,11-20H2,1-6H3. The first-order chi connectivity index (χ1) is 15.5. The molecule has 0 atom stereocenters. The van der Waals surface area contributed by atoms with Crippen LogP contribution in [0.15, 0.2) is 29.2 Å². The van der Waals surface area contributed by atoms with E-state index in [1.54, 1.807) is 12.1 Å². The molecule has 0 saturated heterocycles. The van der Waals surface area contributed by atoms with Crippen LogP contribution in [0.1, 0.15) is 26.3 Å². The van der Waals surface area contributed by atoms with Crippen molar-refractivity contribution in [2.45, 2.75) is 50.7 Å². The van der Waals surface area contributed by atoms with Crippen LogP contribution in [0.2, 0.25) is 18.1 Å². The minimum absolute atomic E-state index is 0.0414. The molecule has 0 aliphatic heterocycles. The van der Waals surface area contributed by atoms with E-state index in [1.807, 2.05) is 6.92 Å². The minimum atomic E-state index is -3.75. The molecule has 0 aliphatic rings. The van der Waals surface area contributed by atoms with Gasteiger partial charge in [-0.05, 0) is 37.2 Å². The lowest BCUT2D eigenvalue weighted by atomic mass is 10.2. The van der Waals surface area contributed by atoms with E-state index in [9.17, 15) is 8.42 Å². The fourth-order valence-corrected chi connectivity index (χ4v) is 4.23. The summed E-state index contributed by atoms with van der Waals surface area (Å²) >= 11 is 0. The molecule has 0 heterocycles. The fourth-order valence-electron chi connectivity index (χ4n) is 2.31. The second kappa shape index (κ2) is 15.2. The Morgan fingerprint density at radius 1 is 0.697 bits per heavy atom. The second-order valence-corrected chi connectivity index (χ2v) is 15.6. The molecule has 0 saturated carbocycles. The molecule has 1 aromatic rings. The molecule has 0 fully saturated rings. The van der Waals surface area contributed by atoms with E-state index in [4.69, 9.17) is 27.6 Å². The van der Waals surface area contributed by atoms with E-state index in [0.717, 1.165) is 5.56 Å². The van der Waals surface area contributed by atoms with Crippen LogP contribution in [0.5, 0.6) is 0 Å². The zero-order valence-electron chi connectivity index (χ0n) is 21.1. The summed E-state index contributed by atoms with van der Waals surface area (Å²) in [5.41, 5.74) is 0.985. The van der Waals surface area contributed by atoms with Crippen molar-refractivity contribution in [1.82, 2.24) is 0 Å². The highest BCUT2D eigenvalue weighted by atomic mass is 32.2. The molecule has 0 spiro atoms. The van der Waals surface area contributed by atoms with Crippen LogP contribution >= 0.6 is 0 Å². The summed E-state index contributed by atoms with van der Waals surface area (Å²) in [6.07, 6.45) is 0. The maximum Gasteiger partial charge on any atom is 0.297 e. The highest BCUT2D eigenvalue weighted by molar-refractivity contribution is 7.86. The van der Waals surface area contributed by atoms with E-state index in [2.05, 4.69) is 33.9 Å². The van der Waals surface area contributed by atoms with Crippen LogP contribution in [-0.4, -0.2) is 82.8 Å². The number of hydrogen-bond donors (Lipinski definition) is 0. The molecule has 1 aromatic carbocycles. The van der Waals surface area contributed by atoms with Crippen molar-refractivity contribution in [3.8, 4) is 0 Å². The average molecular weight is 507 g/mol. The van der Waals surface area contributed by atoms with Gasteiger partial charge in [0.15, 0.2) is 8.32 Å². The quantitative estimate of drug-likeness (QED) is 0.169. The first kappa shape index (κ1) is 30.2. The van der Waals surface area contributed by atoms with Gasteiger partial charge in [0.25, 0.3) is 10.1 Å². The zero-order chi connectivity index (χ0) is 24.8. The average Bonchev–Trinajstić information content (AvgIpc) is 2.72. The third kappa shape index (κ3) is 13.0. The van der Waals surface area contributed by atoms with Crippen molar-refractivity contribution in [3.05, 3.63) is 29.8 Å². The van der Waals surface area contributed by atoms with Gasteiger partial charge in [-0.1, -0.05) is 38.5 Å². The van der Waals surface area contributed by atoms with E-state index in [1.165, 1.54) is 12.1 Å². The minimum Gasteiger partial charge on any atom is -0.414 e. The molecule has 8 nitrogen and oxygen atoms in total. The van der Waals surface area contributed by atoms with Crippen molar-refractivity contribution >= 4 is 18.4 Å². The number of aryl methyl sites for hydroxylation is 1. The summed E-state index contributed by atoms with van der Waals surface area (Å²) in [5.74, 6) is 0. The summed E-state index contributed by atoms with van der Waals surface area (Å²) in [6, 6.07) is 6.51. The lowest BCUT2D eigenvalue weighted by Gasteiger charge is -2.36. The molecule has 0 unspecified atom stereocenters. The molecule has 33 heavy (non-hydrogen) atoms. The van der Waals surface area contributed by atoms with Gasteiger partial charge in [0, 0.05) is 0 Å². The maximum absolute atomic E-state index is 12.0. The van der Waals surface area contributed by atoms with Crippen LogP contribution in [0.4, 0.5) is 0 Å². The molecular weight excluding hydrogens is 464 g/mol. The molecule has 0 N–H and O–H groups in total. The third-order valence-electron chi connectivity index (χ3n) is 5.39. The molecule has 10 heteroatoms. The monoisotopic (exact) mass is 506 g/mol. The molecule has 0 amide bonds. The van der Waals surface area contributed by atoms with Gasteiger partial charge in [-0.25, -0.2) is 0 Å². The molecule has 0 aromatic heterocycles. The molecule has 192 valence electrons. The zero-order valence-corrected chi connectivity index (χ0v) is 22.9. The Morgan fingerprint density at radius 3 is 1.52 bits per heavy atom. The topological polar surface area (TPSA) is 89.5 Å². The summed E-state index contributed by atoms with van der Waals surface area (Å²) in [4.78, 5) is 0.140. The smallest absolute Gasteiger partial charge is 0.297 e. The van der Waals surface area contributed by atoms with E-state index in [0.29, 0.717) is 52.9 Å². The molecule has 0 aliphatic carbocycles. The Bertz CT molecular complexity index is 745. The van der Waals surface area contributed by atoms with Crippen LogP contribution in [0, 0.1) is 6.92 Å². The SMILES string of the molecule is Cc1ccc(S(=O)(=O)OCCOCCOCCOCCOCCO[Si](C)(C)C(C)(C)C)cc1. The first-order valence-electron chi connectivity index (χ1n) is 11.4. The number of ether oxygens (including phenoxy) is 4. The summed E-state index contributed by atoms with van der Waals surface area (Å²) in [6.45, 7) is 17.0. The highest BCUT2D eigenvalue weighted by Gasteiger charge is 2.36. The lowest BCUT2D eigenvalue weighted by Crippen LogP contribution is -2.41. The van der Waals surface area contributed by atoms with E-state index >= 15 is 0 Å². The maximum atomic E-state index is 12.0. The van der Waals surface area contributed by atoms with E-state index in [-0.39, 0.29) is 23.1 Å². The van der Waals surface area contributed by atoms with Crippen LogP contribution in [0.3, 0.4) is 0 Å². The van der Waals surface area contributed by atoms with Crippen LogP contribution in [0.25, 0.3) is 0 Å². The van der Waals surface area contributed by atoms with Crippen molar-refractivity contribution < 1.29 is 36.0 Å². The van der Waals surface area contributed by atoms with E-state index < -0.39 is 18.4 Å². The predicted octanol–water partition coefficient (Wildman–Crippen LogP) is 3.79. The Balaban J connectivity index is 1.89. The Hall–Kier alpha value is -0.853. The van der Waals surface area contributed by atoms with Gasteiger partial charge in [0.05, 0.1) is 71.0 Å². The van der Waals surface area contributed by atoms with Crippen molar-refractivity contribution in [2.24, 2.45) is 0 Å². The van der Waals surface area contributed by atoms with Crippen molar-refractivity contribution in [2.75, 3.05) is 66.1 Å². The second-order valence-electron chi connectivity index (χ2n) is 9.15. The molecular formula is C23H42O8SSi. The molecule has 0 radical (unpaired) electrons. The highest BCUT2D eigenvalue weighted by Crippen LogP contribution is 2.36. The molecule has 0 bridgehead atoms. The summed E-state index contributed by atoms with van der Waals surface area (Å²) in [5, 5.41) is 0.206. The number of benzene rings is 1. The van der Waals surface area contributed by atoms with Gasteiger partial charge in [-0.2, -0.15) is 8.42 Å². The van der Waals surface area contributed by atoms with Crippen LogP contribution in [-0.2, 0) is 37.7 Å². The summed E-state index contributed by atoms with van der Waals surface area (Å²) in [7, 11) is -5.46. The summed E-state index contributed by atoms with van der Waals surface area (Å²) < 4.78 is 56.8.